The van der Waals surface area contributed by atoms with Crippen molar-refractivity contribution >= 4 is 45.5 Å². The number of aromatic nitrogens is 2. The van der Waals surface area contributed by atoms with Gasteiger partial charge in [0.1, 0.15) is 11.2 Å². The zero-order valence-electron chi connectivity index (χ0n) is 23.7. The number of benzene rings is 2. The summed E-state index contributed by atoms with van der Waals surface area (Å²) < 4.78 is 9.81. The summed E-state index contributed by atoms with van der Waals surface area (Å²) in [5.74, 6) is 0. The Morgan fingerprint density at radius 3 is 2.68 bits per heavy atom. The van der Waals surface area contributed by atoms with Crippen molar-refractivity contribution < 1.29 is 1.37 Å². The van der Waals surface area contributed by atoms with Gasteiger partial charge < -0.3 is 16.1 Å². The molecule has 2 aliphatic rings. The number of rotatable bonds is 9. The van der Waals surface area contributed by atoms with Crippen LogP contribution < -0.4 is 21.6 Å². The second-order valence-corrected chi connectivity index (χ2v) is 11.0. The number of nitrogens with zero attached hydrogens (tertiary/aromatic N) is 4. The van der Waals surface area contributed by atoms with Gasteiger partial charge in [-0.05, 0) is 49.9 Å². The number of pyridine rings is 2. The molecule has 2 atom stereocenters. The first-order valence-electron chi connectivity index (χ1n) is 14.1. The number of aryl methyl sites for hydroxylation is 1. The molecule has 1 aliphatic carbocycles. The summed E-state index contributed by atoms with van der Waals surface area (Å²) in [6, 6.07) is 18.4. The SMILES string of the molecule is [2H]C(Nc1cc(Cl)c2ncc(C#N)c(N[C@H](CC)c3ccccc3)c2c1)(C1=CN(C2CC2)NN1)c1ccc(Cl)nc1C. The van der Waals surface area contributed by atoms with Crippen molar-refractivity contribution in [2.75, 3.05) is 10.6 Å². The van der Waals surface area contributed by atoms with Gasteiger partial charge in [-0.2, -0.15) is 5.26 Å². The number of halogens is 2. The van der Waals surface area contributed by atoms with E-state index in [1.54, 1.807) is 18.3 Å². The van der Waals surface area contributed by atoms with Crippen LogP contribution in [0.4, 0.5) is 11.4 Å². The van der Waals surface area contributed by atoms with Gasteiger partial charge in [0.05, 0.1) is 40.9 Å². The normalized spacial score (nSPS) is 17.2. The van der Waals surface area contributed by atoms with Crippen LogP contribution in [0.25, 0.3) is 10.9 Å². The second kappa shape index (κ2) is 11.5. The lowest BCUT2D eigenvalue weighted by Gasteiger charge is -2.24. The number of hydrogen-bond donors (Lipinski definition) is 4. The number of nitrogens with one attached hydrogen (secondary N) is 4. The van der Waals surface area contributed by atoms with Crippen LogP contribution in [-0.2, 0) is 0 Å². The Balaban J connectivity index is 1.46. The third-order valence-electron chi connectivity index (χ3n) is 7.36. The molecule has 0 amide bonds. The fraction of sp³-hybridized carbons (Fsp3) is 0.258. The van der Waals surface area contributed by atoms with E-state index in [4.69, 9.17) is 23.2 Å². The van der Waals surface area contributed by atoms with Gasteiger partial charge in [0.25, 0.3) is 0 Å². The molecule has 0 spiro atoms. The van der Waals surface area contributed by atoms with Crippen molar-refractivity contribution in [1.29, 1.82) is 5.26 Å². The molecule has 1 unspecified atom stereocenters. The number of hydrazine groups is 2. The monoisotopic (exact) mass is 585 g/mol. The third-order valence-corrected chi connectivity index (χ3v) is 7.86. The van der Waals surface area contributed by atoms with E-state index in [1.807, 2.05) is 48.5 Å². The molecule has 4 aromatic rings. The molecule has 0 bridgehead atoms. The highest BCUT2D eigenvalue weighted by Gasteiger charge is 2.33. The molecular weight excluding hydrogens is 555 g/mol. The molecule has 4 N–H and O–H groups in total. The van der Waals surface area contributed by atoms with E-state index in [-0.39, 0.29) is 6.04 Å². The van der Waals surface area contributed by atoms with Crippen LogP contribution in [0.1, 0.15) is 62.0 Å². The number of hydrogen-bond acceptors (Lipinski definition) is 8. The van der Waals surface area contributed by atoms with Gasteiger partial charge >= 0.3 is 0 Å². The number of nitriles is 1. The van der Waals surface area contributed by atoms with Gasteiger partial charge in [-0.3, -0.25) is 9.99 Å². The van der Waals surface area contributed by atoms with Crippen molar-refractivity contribution in [3.63, 3.8) is 0 Å². The van der Waals surface area contributed by atoms with Crippen LogP contribution in [0.3, 0.4) is 0 Å². The molecule has 6 rings (SSSR count). The predicted octanol–water partition coefficient (Wildman–Crippen LogP) is 7.16. The minimum atomic E-state index is -1.49. The summed E-state index contributed by atoms with van der Waals surface area (Å²) in [4.78, 5) is 8.95. The molecule has 41 heavy (non-hydrogen) atoms. The first-order valence-corrected chi connectivity index (χ1v) is 14.3. The molecular formula is C31H30Cl2N8. The fourth-order valence-corrected chi connectivity index (χ4v) is 5.53. The van der Waals surface area contributed by atoms with Crippen molar-refractivity contribution in [2.45, 2.75) is 51.2 Å². The molecule has 2 aromatic heterocycles. The molecule has 10 heteroatoms. The Morgan fingerprint density at radius 1 is 1.17 bits per heavy atom. The van der Waals surface area contributed by atoms with E-state index in [9.17, 15) is 6.63 Å². The van der Waals surface area contributed by atoms with Crippen LogP contribution >= 0.6 is 23.2 Å². The van der Waals surface area contributed by atoms with E-state index in [2.05, 4.69) is 56.7 Å². The summed E-state index contributed by atoms with van der Waals surface area (Å²) in [5.41, 5.74) is 11.5. The van der Waals surface area contributed by atoms with Gasteiger partial charge in [-0.15, -0.1) is 5.53 Å². The molecule has 0 saturated heterocycles. The first kappa shape index (κ1) is 25.9. The van der Waals surface area contributed by atoms with Crippen LogP contribution in [-0.4, -0.2) is 21.0 Å². The lowest BCUT2D eigenvalue weighted by atomic mass is 10.0. The Kier molecular flexibility index (Phi) is 7.24. The van der Waals surface area contributed by atoms with Gasteiger partial charge in [0.2, 0.25) is 0 Å². The van der Waals surface area contributed by atoms with Crippen LogP contribution in [0.5, 0.6) is 0 Å². The maximum Gasteiger partial charge on any atom is 0.129 e. The number of anilines is 2. The van der Waals surface area contributed by atoms with Gasteiger partial charge in [0, 0.05) is 40.8 Å². The van der Waals surface area contributed by atoms with E-state index in [0.29, 0.717) is 61.0 Å². The average molecular weight is 587 g/mol. The van der Waals surface area contributed by atoms with E-state index in [0.717, 1.165) is 24.8 Å². The predicted molar refractivity (Wildman–Crippen MR) is 164 cm³/mol. The molecule has 1 aliphatic heterocycles. The van der Waals surface area contributed by atoms with E-state index >= 15 is 0 Å². The molecule has 208 valence electrons. The topological polar surface area (TPSA) is 101 Å². The molecule has 1 fully saturated rings. The maximum atomic E-state index is 10.0. The summed E-state index contributed by atoms with van der Waals surface area (Å²) in [6.07, 6.45) is 6.44. The van der Waals surface area contributed by atoms with Crippen molar-refractivity contribution in [2.24, 2.45) is 0 Å². The Hall–Kier alpha value is -4.03. The molecule has 3 heterocycles. The zero-order valence-corrected chi connectivity index (χ0v) is 24.2. The second-order valence-electron chi connectivity index (χ2n) is 10.2. The molecule has 1 saturated carbocycles. The Labute approximate surface area is 250 Å². The van der Waals surface area contributed by atoms with E-state index < -0.39 is 6.02 Å². The van der Waals surface area contributed by atoms with Gasteiger partial charge in [0.15, 0.2) is 0 Å². The van der Waals surface area contributed by atoms with Gasteiger partial charge in [-0.25, -0.2) is 4.98 Å². The van der Waals surface area contributed by atoms with Crippen LogP contribution in [0, 0.1) is 18.3 Å². The van der Waals surface area contributed by atoms with Crippen LogP contribution in [0.15, 0.2) is 72.7 Å². The quantitative estimate of drug-likeness (QED) is 0.153. The van der Waals surface area contributed by atoms with Crippen molar-refractivity contribution in [1.82, 2.24) is 25.9 Å². The summed E-state index contributed by atoms with van der Waals surface area (Å²) in [5, 5.41) is 20.5. The van der Waals surface area contributed by atoms with Crippen molar-refractivity contribution in [3.05, 3.63) is 105 Å². The Morgan fingerprint density at radius 2 is 1.98 bits per heavy atom. The summed E-state index contributed by atoms with van der Waals surface area (Å²) >= 11 is 13.0. The minimum Gasteiger partial charge on any atom is -0.377 e. The highest BCUT2D eigenvalue weighted by Crippen LogP contribution is 2.38. The zero-order chi connectivity index (χ0) is 29.4. The largest absolute Gasteiger partial charge is 0.377 e. The molecule has 2 aromatic carbocycles. The van der Waals surface area contributed by atoms with Gasteiger partial charge in [-0.1, -0.05) is 66.5 Å². The molecule has 8 nitrogen and oxygen atoms in total. The lowest BCUT2D eigenvalue weighted by Crippen LogP contribution is -2.38. The first-order chi connectivity index (χ1) is 20.3. The molecule has 0 radical (unpaired) electrons. The number of fused-ring (bicyclic) bond motifs is 1. The standard InChI is InChI=1S/C31H30Cl2N8/c1-3-26(19-7-5-4-6-8-19)38-29-20(15-34)16-35-30-24(29)13-21(14-25(30)32)37-31(23-11-12-28(33)36-18(23)2)27-17-41(40-39-27)22-9-10-22/h4-8,11-14,16-17,22,26,31,37,39-40H,3,9-10H2,1-2H3,(H,35,38)/t26-,31?/m1/s1/i31D. The minimum absolute atomic E-state index is 0.0373. The van der Waals surface area contributed by atoms with E-state index in [1.165, 1.54) is 0 Å². The summed E-state index contributed by atoms with van der Waals surface area (Å²) in [6.45, 7) is 3.93. The van der Waals surface area contributed by atoms with Crippen LogP contribution in [0.2, 0.25) is 10.2 Å². The Bertz CT molecular complexity index is 1720. The smallest absolute Gasteiger partial charge is 0.129 e. The lowest BCUT2D eigenvalue weighted by molar-refractivity contribution is 0.260. The highest BCUT2D eigenvalue weighted by atomic mass is 35.5. The third kappa shape index (κ3) is 5.62. The highest BCUT2D eigenvalue weighted by molar-refractivity contribution is 6.36. The van der Waals surface area contributed by atoms with Crippen molar-refractivity contribution in [3.8, 4) is 6.07 Å². The fourth-order valence-electron chi connectivity index (χ4n) is 5.08. The summed E-state index contributed by atoms with van der Waals surface area (Å²) in [7, 11) is 0. The maximum absolute atomic E-state index is 10.0. The average Bonchev–Trinajstić information content (AvgIpc) is 3.71.